The molecule has 1 unspecified atom stereocenters. The minimum absolute atomic E-state index is 0.353. The van der Waals surface area contributed by atoms with Gasteiger partial charge < -0.3 is 4.90 Å². The first-order valence-electron chi connectivity index (χ1n) is 11.2. The summed E-state index contributed by atoms with van der Waals surface area (Å²) in [5.41, 5.74) is 5.66. The van der Waals surface area contributed by atoms with E-state index in [-0.39, 0.29) is 0 Å². The zero-order chi connectivity index (χ0) is 22.9. The fourth-order valence-corrected chi connectivity index (χ4v) is 5.62. The van der Waals surface area contributed by atoms with Crippen molar-refractivity contribution in [1.82, 2.24) is 14.7 Å². The van der Waals surface area contributed by atoms with E-state index in [0.717, 1.165) is 29.2 Å². The van der Waals surface area contributed by atoms with E-state index in [1.165, 1.54) is 31.5 Å². The molecule has 1 atom stereocenters. The third-order valence-corrected chi connectivity index (χ3v) is 7.94. The van der Waals surface area contributed by atoms with Crippen molar-refractivity contribution >= 4 is 16.1 Å². The van der Waals surface area contributed by atoms with Crippen molar-refractivity contribution in [1.29, 1.82) is 0 Å². The van der Waals surface area contributed by atoms with E-state index in [2.05, 4.69) is 46.0 Å². The molecule has 2 heterocycles. The van der Waals surface area contributed by atoms with Gasteiger partial charge in [0.05, 0.1) is 11.4 Å². The number of hydrogen-bond acceptors (Lipinski definition) is 3. The second-order valence-electron chi connectivity index (χ2n) is 8.97. The van der Waals surface area contributed by atoms with Crippen molar-refractivity contribution in [3.05, 3.63) is 65.5 Å². The Kier molecular flexibility index (Phi) is 6.51. The largest absolute Gasteiger partial charge is 0.346 e. The van der Waals surface area contributed by atoms with E-state index in [4.69, 9.17) is 0 Å². The van der Waals surface area contributed by atoms with E-state index in [1.54, 1.807) is 16.8 Å². The van der Waals surface area contributed by atoms with Gasteiger partial charge in [-0.1, -0.05) is 24.3 Å². The lowest BCUT2D eigenvalue weighted by Gasteiger charge is -2.29. The molecule has 0 aliphatic carbocycles. The number of piperidine rings is 1. The van der Waals surface area contributed by atoms with E-state index in [0.29, 0.717) is 16.3 Å². The summed E-state index contributed by atoms with van der Waals surface area (Å²) in [5, 5.41) is 4.31. The maximum absolute atomic E-state index is 13.0. The molecular weight excluding hydrogens is 420 g/mol. The molecule has 2 aromatic carbocycles. The first-order valence-corrected chi connectivity index (χ1v) is 12.7. The minimum atomic E-state index is -3.43. The predicted molar refractivity (Wildman–Crippen MR) is 131 cm³/mol. The summed E-state index contributed by atoms with van der Waals surface area (Å²) in [5.74, 6) is 0.744. The number of rotatable bonds is 6. The number of hydrogen-bond donors (Lipinski definition) is 2. The monoisotopic (exact) mass is 453 g/mol. The zero-order valence-electron chi connectivity index (χ0n) is 19.3. The Balaban J connectivity index is 1.49. The molecule has 0 amide bonds. The first-order chi connectivity index (χ1) is 15.2. The molecule has 2 N–H and O–H groups in total. The second-order valence-corrected chi connectivity index (χ2v) is 10.7. The average Bonchev–Trinajstić information content (AvgIpc) is 3.01. The Morgan fingerprint density at radius 3 is 2.38 bits per heavy atom. The molecule has 170 valence electrons. The number of benzene rings is 2. The standard InChI is InChI=1S/C25H32N4O2S/c1-18-25(19(2)29(4)26-18)27-32(30,31)24-10-8-22(9-11-24)23-7-5-6-21(17-23)16-20-12-14-28(3)15-13-20/h5-11,17,20H,12-16H2,1-4H3,(H-,27,30,31)/p+1. The number of nitrogens with zero attached hydrogens (tertiary/aromatic N) is 3. The Bertz CT molecular complexity index is 1130. The van der Waals surface area contributed by atoms with Crippen LogP contribution in [0.25, 0.3) is 11.1 Å². The third-order valence-electron chi connectivity index (χ3n) is 6.55. The summed E-state index contributed by atoms with van der Waals surface area (Å²) in [4.78, 5) is 2.76. The van der Waals surface area contributed by atoms with Crippen molar-refractivity contribution in [2.24, 2.45) is 13.0 Å². The first kappa shape index (κ1) is 22.7. The van der Waals surface area contributed by atoms with Crippen molar-refractivity contribution in [2.75, 3.05) is 24.9 Å². The molecule has 6 nitrogen and oxygen atoms in total. The minimum Gasteiger partial charge on any atom is -0.306 e. The van der Waals surface area contributed by atoms with Crippen LogP contribution in [0.4, 0.5) is 5.69 Å². The third kappa shape index (κ3) is 4.95. The second kappa shape index (κ2) is 9.17. The number of aryl methyl sites for hydroxylation is 2. The molecule has 0 bridgehead atoms. The summed E-state index contributed by atoms with van der Waals surface area (Å²) in [6.45, 7) is 6.06. The van der Waals surface area contributed by atoms with E-state index < -0.39 is 10.4 Å². The van der Waals surface area contributed by atoms with Crippen molar-refractivity contribution in [3.63, 3.8) is 0 Å². The van der Waals surface area contributed by atoms with E-state index in [9.17, 15) is 8.76 Å². The highest BCUT2D eigenvalue weighted by atomic mass is 32.3. The number of likely N-dealkylation sites (tertiary alicyclic amines) is 1. The van der Waals surface area contributed by atoms with Gasteiger partial charge in [-0.2, -0.15) is 14.4 Å². The number of aromatic nitrogens is 2. The maximum atomic E-state index is 13.0. The molecule has 0 spiro atoms. The van der Waals surface area contributed by atoms with Gasteiger partial charge in [0, 0.05) is 7.05 Å². The van der Waals surface area contributed by atoms with Crippen LogP contribution < -0.4 is 4.72 Å². The van der Waals surface area contributed by atoms with Gasteiger partial charge in [0.1, 0.15) is 5.69 Å². The molecule has 1 aliphatic heterocycles. The van der Waals surface area contributed by atoms with Crippen molar-refractivity contribution in [3.8, 4) is 11.1 Å². The summed E-state index contributed by atoms with van der Waals surface area (Å²) in [6.07, 6.45) is 3.62. The predicted octanol–water partition coefficient (Wildman–Crippen LogP) is 4.95. The van der Waals surface area contributed by atoms with Crippen LogP contribution in [0.5, 0.6) is 0 Å². The highest BCUT2D eigenvalue weighted by Crippen LogP contribution is 2.29. The van der Waals surface area contributed by atoms with Crippen molar-refractivity contribution in [2.45, 2.75) is 38.0 Å². The fraction of sp³-hybridized carbons (Fsp3) is 0.400. The Hall–Kier alpha value is -2.48. The molecule has 3 aromatic rings. The molecule has 32 heavy (non-hydrogen) atoms. The topological polar surface area (TPSA) is 70.4 Å². The molecular formula is C25H33N4O2S+. The molecule has 1 fully saturated rings. The van der Waals surface area contributed by atoms with Gasteiger partial charge >= 0.3 is 10.4 Å². The average molecular weight is 454 g/mol. The van der Waals surface area contributed by atoms with Crippen LogP contribution in [-0.2, 0) is 28.1 Å². The zero-order valence-corrected chi connectivity index (χ0v) is 20.2. The lowest BCUT2D eigenvalue weighted by molar-refractivity contribution is 0.219. The van der Waals surface area contributed by atoms with Crippen LogP contribution in [0.2, 0.25) is 0 Å². The summed E-state index contributed by atoms with van der Waals surface area (Å²) in [7, 11) is 0.583. The molecule has 0 radical (unpaired) electrons. The smallest absolute Gasteiger partial charge is 0.306 e. The Morgan fingerprint density at radius 2 is 1.75 bits per heavy atom. The van der Waals surface area contributed by atoms with Crippen LogP contribution in [0.3, 0.4) is 0 Å². The normalized spacial score (nSPS) is 17.3. The van der Waals surface area contributed by atoms with Crippen LogP contribution in [-0.4, -0.2) is 39.4 Å². The van der Waals surface area contributed by atoms with Gasteiger partial charge in [0.15, 0.2) is 0 Å². The van der Waals surface area contributed by atoms with E-state index in [1.807, 2.05) is 33.0 Å². The van der Waals surface area contributed by atoms with Gasteiger partial charge in [-0.15, -0.1) is 0 Å². The van der Waals surface area contributed by atoms with Crippen LogP contribution in [0.1, 0.15) is 29.8 Å². The quantitative estimate of drug-likeness (QED) is 0.518. The summed E-state index contributed by atoms with van der Waals surface area (Å²) < 4.78 is 28.2. The van der Waals surface area contributed by atoms with E-state index >= 15 is 0 Å². The van der Waals surface area contributed by atoms with Crippen LogP contribution in [0, 0.1) is 19.8 Å². The molecule has 0 saturated carbocycles. The fourth-order valence-electron chi connectivity index (χ4n) is 4.43. The van der Waals surface area contributed by atoms with Crippen LogP contribution >= 0.6 is 0 Å². The van der Waals surface area contributed by atoms with Gasteiger partial charge in [-0.3, -0.25) is 4.68 Å². The maximum Gasteiger partial charge on any atom is 0.346 e. The van der Waals surface area contributed by atoms with Gasteiger partial charge in [0.2, 0.25) is 4.90 Å². The van der Waals surface area contributed by atoms with Gasteiger partial charge in [0.25, 0.3) is 0 Å². The summed E-state index contributed by atoms with van der Waals surface area (Å²) in [6, 6.07) is 16.0. The number of nitrogens with one attached hydrogen (secondary N) is 1. The number of anilines is 1. The van der Waals surface area contributed by atoms with Crippen LogP contribution in [0.15, 0.2) is 53.4 Å². The SMILES string of the molecule is Cc1nn(C)c(C)c1N[S+](=O)(O)c1ccc(-c2cccc(CC3CCN(C)CC3)c2)cc1. The molecule has 7 heteroatoms. The molecule has 4 rings (SSSR count). The lowest BCUT2D eigenvalue weighted by Crippen LogP contribution is -2.30. The highest BCUT2D eigenvalue weighted by molar-refractivity contribution is 7.99. The molecule has 1 saturated heterocycles. The van der Waals surface area contributed by atoms with Gasteiger partial charge in [-0.25, -0.2) is 0 Å². The molecule has 1 aliphatic rings. The lowest BCUT2D eigenvalue weighted by atomic mass is 9.89. The Morgan fingerprint density at radius 1 is 1.06 bits per heavy atom. The highest BCUT2D eigenvalue weighted by Gasteiger charge is 2.32. The Labute approximate surface area is 192 Å². The summed E-state index contributed by atoms with van der Waals surface area (Å²) >= 11 is 0. The molecule has 1 aromatic heterocycles. The van der Waals surface area contributed by atoms with Gasteiger partial charge in [-0.05, 0) is 104 Å². The van der Waals surface area contributed by atoms with Crippen molar-refractivity contribution < 1.29 is 8.76 Å².